The van der Waals surface area contributed by atoms with Gasteiger partial charge in [0.05, 0.1) is 6.54 Å². The molecule has 2 amide bonds. The van der Waals surface area contributed by atoms with Crippen molar-refractivity contribution in [3.63, 3.8) is 0 Å². The monoisotopic (exact) mass is 317 g/mol. The third-order valence-corrected chi connectivity index (χ3v) is 4.26. The molecule has 5 nitrogen and oxygen atoms in total. The van der Waals surface area contributed by atoms with Crippen molar-refractivity contribution >= 4 is 24.2 Å². The summed E-state index contributed by atoms with van der Waals surface area (Å²) in [4.78, 5) is 28.3. The van der Waals surface area contributed by atoms with Crippen LogP contribution in [0.5, 0.6) is 0 Å². The van der Waals surface area contributed by atoms with Crippen molar-refractivity contribution in [1.82, 2.24) is 15.1 Å². The van der Waals surface area contributed by atoms with Gasteiger partial charge in [0.15, 0.2) is 0 Å². The Morgan fingerprint density at radius 2 is 2.19 bits per heavy atom. The number of likely N-dealkylation sites (tertiary alicyclic amines) is 1. The summed E-state index contributed by atoms with van der Waals surface area (Å²) in [6.07, 6.45) is 5.69. The summed E-state index contributed by atoms with van der Waals surface area (Å²) < 4.78 is 0. The standard InChI is InChI=1S/C15H27N3O2.ClH/c1-2-9-18(13-7-8-16-11-13)15(20)12-17-10-5-3-4-6-14(17)19;/h13,16H,2-12H2,1H3;1H. The molecule has 2 aliphatic rings. The fourth-order valence-electron chi connectivity index (χ4n) is 3.12. The molecule has 0 spiro atoms. The third-order valence-electron chi connectivity index (χ3n) is 4.26. The zero-order chi connectivity index (χ0) is 14.4. The van der Waals surface area contributed by atoms with Crippen LogP contribution in [0.25, 0.3) is 0 Å². The van der Waals surface area contributed by atoms with Gasteiger partial charge in [0.25, 0.3) is 0 Å². The number of nitrogens with one attached hydrogen (secondary N) is 1. The van der Waals surface area contributed by atoms with E-state index < -0.39 is 0 Å². The van der Waals surface area contributed by atoms with Gasteiger partial charge in [-0.25, -0.2) is 0 Å². The first-order valence-electron chi connectivity index (χ1n) is 8.00. The first-order chi connectivity index (χ1) is 9.72. The Hall–Kier alpha value is -0.810. The van der Waals surface area contributed by atoms with Crippen LogP contribution in [0.4, 0.5) is 0 Å². The van der Waals surface area contributed by atoms with Crippen LogP contribution in [-0.4, -0.2) is 60.4 Å². The Kier molecular flexibility index (Phi) is 8.04. The average Bonchev–Trinajstić information content (AvgIpc) is 2.89. The maximum absolute atomic E-state index is 12.6. The number of carbonyl (C=O) groups is 2. The number of halogens is 1. The minimum atomic E-state index is 0. The molecule has 6 heteroatoms. The second kappa shape index (κ2) is 9.26. The molecule has 0 saturated carbocycles. The van der Waals surface area contributed by atoms with E-state index >= 15 is 0 Å². The predicted octanol–water partition coefficient (Wildman–Crippen LogP) is 1.41. The molecular weight excluding hydrogens is 290 g/mol. The predicted molar refractivity (Wildman–Crippen MR) is 85.6 cm³/mol. The zero-order valence-electron chi connectivity index (χ0n) is 13.0. The van der Waals surface area contributed by atoms with E-state index in [-0.39, 0.29) is 30.8 Å². The van der Waals surface area contributed by atoms with Crippen molar-refractivity contribution in [3.8, 4) is 0 Å². The van der Waals surface area contributed by atoms with Gasteiger partial charge in [-0.3, -0.25) is 9.59 Å². The van der Waals surface area contributed by atoms with Gasteiger partial charge in [-0.2, -0.15) is 0 Å². The molecule has 122 valence electrons. The van der Waals surface area contributed by atoms with E-state index in [1.165, 1.54) is 0 Å². The molecule has 0 aromatic rings. The number of rotatable bonds is 5. The Labute approximate surface area is 133 Å². The Morgan fingerprint density at radius 3 is 2.86 bits per heavy atom. The number of hydrogen-bond acceptors (Lipinski definition) is 3. The number of nitrogens with zero attached hydrogens (tertiary/aromatic N) is 2. The first kappa shape index (κ1) is 18.2. The van der Waals surface area contributed by atoms with Gasteiger partial charge in [-0.05, 0) is 32.2 Å². The summed E-state index contributed by atoms with van der Waals surface area (Å²) in [5.41, 5.74) is 0. The van der Waals surface area contributed by atoms with E-state index in [1.807, 2.05) is 4.90 Å². The maximum atomic E-state index is 12.6. The molecule has 2 rings (SSSR count). The second-order valence-electron chi connectivity index (χ2n) is 5.86. The normalized spacial score (nSPS) is 22.6. The van der Waals surface area contributed by atoms with Crippen molar-refractivity contribution < 1.29 is 9.59 Å². The van der Waals surface area contributed by atoms with Crippen LogP contribution in [0, 0.1) is 0 Å². The highest BCUT2D eigenvalue weighted by molar-refractivity contribution is 5.85. The Morgan fingerprint density at radius 1 is 1.38 bits per heavy atom. The summed E-state index contributed by atoms with van der Waals surface area (Å²) >= 11 is 0. The molecule has 1 unspecified atom stereocenters. The fraction of sp³-hybridized carbons (Fsp3) is 0.867. The maximum Gasteiger partial charge on any atom is 0.242 e. The van der Waals surface area contributed by atoms with Crippen molar-refractivity contribution in [3.05, 3.63) is 0 Å². The summed E-state index contributed by atoms with van der Waals surface area (Å²) in [6, 6.07) is 0.310. The second-order valence-corrected chi connectivity index (χ2v) is 5.86. The van der Waals surface area contributed by atoms with Crippen LogP contribution in [0.1, 0.15) is 45.4 Å². The minimum absolute atomic E-state index is 0. The van der Waals surface area contributed by atoms with Gasteiger partial charge in [-0.15, -0.1) is 12.4 Å². The SMILES string of the molecule is CCCN(C(=O)CN1CCCCCC1=O)C1CCNC1.Cl. The van der Waals surface area contributed by atoms with Crippen molar-refractivity contribution in [2.45, 2.75) is 51.5 Å². The van der Waals surface area contributed by atoms with Crippen LogP contribution in [0.15, 0.2) is 0 Å². The lowest BCUT2D eigenvalue weighted by Crippen LogP contribution is -2.48. The van der Waals surface area contributed by atoms with Crippen LogP contribution >= 0.6 is 12.4 Å². The highest BCUT2D eigenvalue weighted by Gasteiger charge is 2.28. The Bertz CT molecular complexity index is 346. The van der Waals surface area contributed by atoms with E-state index in [0.717, 1.165) is 58.3 Å². The van der Waals surface area contributed by atoms with Crippen LogP contribution in [0.2, 0.25) is 0 Å². The molecule has 21 heavy (non-hydrogen) atoms. The van der Waals surface area contributed by atoms with Crippen LogP contribution in [-0.2, 0) is 9.59 Å². The van der Waals surface area contributed by atoms with Crippen molar-refractivity contribution in [1.29, 1.82) is 0 Å². The zero-order valence-corrected chi connectivity index (χ0v) is 13.8. The van der Waals surface area contributed by atoms with Crippen LogP contribution in [0.3, 0.4) is 0 Å². The molecule has 2 aliphatic heterocycles. The Balaban J connectivity index is 0.00000220. The van der Waals surface area contributed by atoms with E-state index in [1.54, 1.807) is 4.90 Å². The lowest BCUT2D eigenvalue weighted by Gasteiger charge is -2.31. The molecule has 2 heterocycles. The smallest absolute Gasteiger partial charge is 0.242 e. The summed E-state index contributed by atoms with van der Waals surface area (Å²) in [5.74, 6) is 0.271. The average molecular weight is 318 g/mol. The fourth-order valence-corrected chi connectivity index (χ4v) is 3.12. The highest BCUT2D eigenvalue weighted by atomic mass is 35.5. The molecule has 0 aromatic carbocycles. The molecule has 1 N–H and O–H groups in total. The molecular formula is C15H28ClN3O2. The van der Waals surface area contributed by atoms with Gasteiger partial charge in [0.1, 0.15) is 0 Å². The van der Waals surface area contributed by atoms with E-state index in [2.05, 4.69) is 12.2 Å². The van der Waals surface area contributed by atoms with Crippen molar-refractivity contribution in [2.75, 3.05) is 32.7 Å². The first-order valence-corrected chi connectivity index (χ1v) is 8.00. The summed E-state index contributed by atoms with van der Waals surface area (Å²) in [6.45, 7) is 5.79. The number of amides is 2. The van der Waals surface area contributed by atoms with Crippen molar-refractivity contribution in [2.24, 2.45) is 0 Å². The van der Waals surface area contributed by atoms with Crippen LogP contribution < -0.4 is 5.32 Å². The largest absolute Gasteiger partial charge is 0.337 e. The minimum Gasteiger partial charge on any atom is -0.337 e. The van der Waals surface area contributed by atoms with E-state index in [9.17, 15) is 9.59 Å². The topological polar surface area (TPSA) is 52.7 Å². The summed E-state index contributed by atoms with van der Waals surface area (Å²) in [5, 5.41) is 3.31. The number of hydrogen-bond donors (Lipinski definition) is 1. The quantitative estimate of drug-likeness (QED) is 0.834. The number of carbonyl (C=O) groups excluding carboxylic acids is 2. The molecule has 0 aromatic heterocycles. The van der Waals surface area contributed by atoms with Gasteiger partial charge in [0, 0.05) is 32.1 Å². The van der Waals surface area contributed by atoms with E-state index in [4.69, 9.17) is 0 Å². The van der Waals surface area contributed by atoms with Gasteiger partial charge < -0.3 is 15.1 Å². The molecule has 0 aliphatic carbocycles. The van der Waals surface area contributed by atoms with Gasteiger partial charge >= 0.3 is 0 Å². The van der Waals surface area contributed by atoms with Gasteiger partial charge in [-0.1, -0.05) is 13.3 Å². The molecule has 2 fully saturated rings. The van der Waals surface area contributed by atoms with Gasteiger partial charge in [0.2, 0.25) is 11.8 Å². The molecule has 0 bridgehead atoms. The highest BCUT2D eigenvalue weighted by Crippen LogP contribution is 2.14. The summed E-state index contributed by atoms with van der Waals surface area (Å²) in [7, 11) is 0. The lowest BCUT2D eigenvalue weighted by molar-refractivity contribution is -0.141. The molecule has 1 atom stereocenters. The third kappa shape index (κ3) is 5.15. The van der Waals surface area contributed by atoms with E-state index in [0.29, 0.717) is 12.5 Å². The lowest BCUT2D eigenvalue weighted by atomic mass is 10.2. The molecule has 2 saturated heterocycles. The molecule has 0 radical (unpaired) electrons.